The molecular weight excluding hydrogens is 388 g/mol. The fourth-order valence-corrected chi connectivity index (χ4v) is 2.58. The number of hydrogen-bond donors (Lipinski definition) is 1. The van der Waals surface area contributed by atoms with Crippen LogP contribution in [-0.4, -0.2) is 34.9 Å². The van der Waals surface area contributed by atoms with E-state index in [4.69, 9.17) is 9.47 Å². The first-order valence-corrected chi connectivity index (χ1v) is 8.10. The molecule has 0 radical (unpaired) electrons. The summed E-state index contributed by atoms with van der Waals surface area (Å²) in [5, 5.41) is 6.95. The number of carbonyl (C=O) groups excluding carboxylic acids is 1. The number of pyridine rings is 1. The number of nitrogens with zero attached hydrogens (tertiary/aromatic N) is 3. The van der Waals surface area contributed by atoms with Crippen LogP contribution in [0.4, 0.5) is 5.69 Å². The van der Waals surface area contributed by atoms with Gasteiger partial charge in [0.25, 0.3) is 5.91 Å². The van der Waals surface area contributed by atoms with Crippen molar-refractivity contribution in [2.24, 2.45) is 0 Å². The number of nitrogens with one attached hydrogen (secondary N) is 1. The number of aromatic nitrogens is 3. The Bertz CT molecular complexity index is 871. The molecule has 0 unspecified atom stereocenters. The molecule has 0 atom stereocenters. The summed E-state index contributed by atoms with van der Waals surface area (Å²) in [7, 11) is 3.01. The molecule has 3 aromatic rings. The standard InChI is InChI=1S/C17H15BrN4O3/c1-24-13-4-3-5-14(25-2)16(13)17(23)21-12-6-7-15(19-9-12)22-10-11(18)8-20-22/h3-10H,1-2H3,(H,21,23). The van der Waals surface area contributed by atoms with Gasteiger partial charge in [0.1, 0.15) is 17.1 Å². The molecule has 2 heterocycles. The maximum atomic E-state index is 12.6. The molecule has 1 N–H and O–H groups in total. The third kappa shape index (κ3) is 3.63. The number of methoxy groups -OCH3 is 2. The van der Waals surface area contributed by atoms with Gasteiger partial charge in [-0.05, 0) is 40.2 Å². The minimum atomic E-state index is -0.342. The first-order chi connectivity index (χ1) is 12.1. The van der Waals surface area contributed by atoms with Gasteiger partial charge >= 0.3 is 0 Å². The maximum absolute atomic E-state index is 12.6. The molecule has 0 saturated carbocycles. The van der Waals surface area contributed by atoms with Gasteiger partial charge in [-0.15, -0.1) is 0 Å². The lowest BCUT2D eigenvalue weighted by molar-refractivity contribution is 0.102. The quantitative estimate of drug-likeness (QED) is 0.708. The fraction of sp³-hybridized carbons (Fsp3) is 0.118. The highest BCUT2D eigenvalue weighted by Crippen LogP contribution is 2.29. The molecule has 0 saturated heterocycles. The largest absolute Gasteiger partial charge is 0.496 e. The molecule has 1 amide bonds. The summed E-state index contributed by atoms with van der Waals surface area (Å²) in [6, 6.07) is 8.67. The molecule has 25 heavy (non-hydrogen) atoms. The van der Waals surface area contributed by atoms with Crippen molar-refractivity contribution in [3.8, 4) is 17.3 Å². The monoisotopic (exact) mass is 402 g/mol. The van der Waals surface area contributed by atoms with Gasteiger partial charge in [0, 0.05) is 6.20 Å². The van der Waals surface area contributed by atoms with Crippen LogP contribution in [0.15, 0.2) is 53.4 Å². The Morgan fingerprint density at radius 3 is 2.36 bits per heavy atom. The van der Waals surface area contributed by atoms with E-state index in [0.717, 1.165) is 4.47 Å². The highest BCUT2D eigenvalue weighted by molar-refractivity contribution is 9.10. The predicted octanol–water partition coefficient (Wildman–Crippen LogP) is 3.30. The van der Waals surface area contributed by atoms with Gasteiger partial charge in [0.15, 0.2) is 5.82 Å². The van der Waals surface area contributed by atoms with Gasteiger partial charge in [-0.3, -0.25) is 4.79 Å². The van der Waals surface area contributed by atoms with Gasteiger partial charge in [-0.1, -0.05) is 6.07 Å². The SMILES string of the molecule is COc1cccc(OC)c1C(=O)Nc1ccc(-n2cc(Br)cn2)nc1. The molecule has 2 aromatic heterocycles. The Morgan fingerprint density at radius 1 is 1.12 bits per heavy atom. The number of halogens is 1. The van der Waals surface area contributed by atoms with Crippen molar-refractivity contribution < 1.29 is 14.3 Å². The number of benzene rings is 1. The summed E-state index contributed by atoms with van der Waals surface area (Å²) in [5.74, 6) is 1.16. The summed E-state index contributed by atoms with van der Waals surface area (Å²) in [6.07, 6.45) is 5.02. The minimum Gasteiger partial charge on any atom is -0.496 e. The van der Waals surface area contributed by atoms with Crippen molar-refractivity contribution in [2.75, 3.05) is 19.5 Å². The normalized spacial score (nSPS) is 10.4. The zero-order valence-electron chi connectivity index (χ0n) is 13.6. The summed E-state index contributed by atoms with van der Waals surface area (Å²) in [4.78, 5) is 16.9. The lowest BCUT2D eigenvalue weighted by atomic mass is 10.1. The lowest BCUT2D eigenvalue weighted by Crippen LogP contribution is -2.15. The number of ether oxygens (including phenoxy) is 2. The van der Waals surface area contributed by atoms with Crippen molar-refractivity contribution in [2.45, 2.75) is 0 Å². The number of amides is 1. The molecule has 0 aliphatic rings. The van der Waals surface area contributed by atoms with Crippen LogP contribution in [0, 0.1) is 0 Å². The molecular formula is C17H15BrN4O3. The molecule has 128 valence electrons. The topological polar surface area (TPSA) is 78.3 Å². The summed E-state index contributed by atoms with van der Waals surface area (Å²) in [6.45, 7) is 0. The van der Waals surface area contributed by atoms with Gasteiger partial charge < -0.3 is 14.8 Å². The van der Waals surface area contributed by atoms with E-state index in [-0.39, 0.29) is 5.91 Å². The summed E-state index contributed by atoms with van der Waals surface area (Å²) < 4.78 is 13.0. The van der Waals surface area contributed by atoms with Crippen molar-refractivity contribution in [1.82, 2.24) is 14.8 Å². The molecule has 0 aliphatic heterocycles. The molecule has 3 rings (SSSR count). The van der Waals surface area contributed by atoms with Crippen LogP contribution < -0.4 is 14.8 Å². The van der Waals surface area contributed by atoms with Crippen LogP contribution >= 0.6 is 15.9 Å². The summed E-state index contributed by atoms with van der Waals surface area (Å²) in [5.41, 5.74) is 0.875. The van der Waals surface area contributed by atoms with E-state index in [0.29, 0.717) is 28.6 Å². The highest BCUT2D eigenvalue weighted by atomic mass is 79.9. The Labute approximate surface area is 152 Å². The smallest absolute Gasteiger partial charge is 0.263 e. The molecule has 0 spiro atoms. The Balaban J connectivity index is 1.82. The second-order valence-corrected chi connectivity index (χ2v) is 5.92. The van der Waals surface area contributed by atoms with Crippen LogP contribution in [0.3, 0.4) is 0 Å². The fourth-order valence-electron chi connectivity index (χ4n) is 2.29. The Hall–Kier alpha value is -2.87. The van der Waals surface area contributed by atoms with Crippen molar-refractivity contribution in [3.63, 3.8) is 0 Å². The van der Waals surface area contributed by atoms with Crippen molar-refractivity contribution in [1.29, 1.82) is 0 Å². The average Bonchev–Trinajstić information content (AvgIpc) is 3.07. The van der Waals surface area contributed by atoms with E-state index in [1.807, 2.05) is 0 Å². The zero-order valence-corrected chi connectivity index (χ0v) is 15.1. The molecule has 1 aromatic carbocycles. The van der Waals surface area contributed by atoms with Crippen LogP contribution in [0.1, 0.15) is 10.4 Å². The molecule has 0 fully saturated rings. The van der Waals surface area contributed by atoms with E-state index in [2.05, 4.69) is 31.3 Å². The zero-order chi connectivity index (χ0) is 17.8. The van der Waals surface area contributed by atoms with Gasteiger partial charge in [0.2, 0.25) is 0 Å². The van der Waals surface area contributed by atoms with Crippen LogP contribution in [-0.2, 0) is 0 Å². The number of hydrogen-bond acceptors (Lipinski definition) is 5. The molecule has 0 bridgehead atoms. The lowest BCUT2D eigenvalue weighted by Gasteiger charge is -2.13. The van der Waals surface area contributed by atoms with E-state index in [1.54, 1.807) is 53.6 Å². The van der Waals surface area contributed by atoms with Crippen LogP contribution in [0.5, 0.6) is 11.5 Å². The van der Waals surface area contributed by atoms with E-state index in [1.165, 1.54) is 14.2 Å². The highest BCUT2D eigenvalue weighted by Gasteiger charge is 2.18. The third-order valence-corrected chi connectivity index (χ3v) is 3.86. The summed E-state index contributed by atoms with van der Waals surface area (Å²) >= 11 is 3.34. The predicted molar refractivity (Wildman–Crippen MR) is 96.6 cm³/mol. The third-order valence-electron chi connectivity index (χ3n) is 3.45. The van der Waals surface area contributed by atoms with Crippen LogP contribution in [0.2, 0.25) is 0 Å². The van der Waals surface area contributed by atoms with Crippen LogP contribution in [0.25, 0.3) is 5.82 Å². The molecule has 8 heteroatoms. The second-order valence-electron chi connectivity index (χ2n) is 5.00. The van der Waals surface area contributed by atoms with E-state index >= 15 is 0 Å². The number of rotatable bonds is 5. The number of carbonyl (C=O) groups is 1. The molecule has 7 nitrogen and oxygen atoms in total. The first-order valence-electron chi connectivity index (χ1n) is 7.31. The van der Waals surface area contributed by atoms with Crippen molar-refractivity contribution in [3.05, 3.63) is 59.0 Å². The maximum Gasteiger partial charge on any atom is 0.263 e. The molecule has 0 aliphatic carbocycles. The Morgan fingerprint density at radius 2 is 1.84 bits per heavy atom. The van der Waals surface area contributed by atoms with Gasteiger partial charge in [-0.2, -0.15) is 5.10 Å². The van der Waals surface area contributed by atoms with Gasteiger partial charge in [0.05, 0.1) is 36.8 Å². The first kappa shape index (κ1) is 17.0. The second kappa shape index (κ2) is 7.35. The van der Waals surface area contributed by atoms with E-state index in [9.17, 15) is 4.79 Å². The number of anilines is 1. The Kier molecular flexibility index (Phi) is 4.99. The van der Waals surface area contributed by atoms with E-state index < -0.39 is 0 Å². The average molecular weight is 403 g/mol. The van der Waals surface area contributed by atoms with Gasteiger partial charge in [-0.25, -0.2) is 9.67 Å². The van der Waals surface area contributed by atoms with Crippen molar-refractivity contribution >= 4 is 27.5 Å². The minimum absolute atomic E-state index is 0.326.